The lowest BCUT2D eigenvalue weighted by molar-refractivity contribution is -0.130. The molecule has 4 rings (SSSR count). The Morgan fingerprint density at radius 1 is 1.30 bits per heavy atom. The van der Waals surface area contributed by atoms with Crippen LogP contribution in [0.25, 0.3) is 0 Å². The van der Waals surface area contributed by atoms with Crippen molar-refractivity contribution in [2.24, 2.45) is 7.05 Å². The van der Waals surface area contributed by atoms with Gasteiger partial charge in [-0.15, -0.1) is 0 Å². The number of nitrogens with zero attached hydrogens (tertiary/aromatic N) is 2. The summed E-state index contributed by atoms with van der Waals surface area (Å²) in [5.41, 5.74) is 3.61. The summed E-state index contributed by atoms with van der Waals surface area (Å²) in [5, 5.41) is 12.2. The van der Waals surface area contributed by atoms with Crippen LogP contribution in [-0.4, -0.2) is 52.4 Å². The summed E-state index contributed by atoms with van der Waals surface area (Å²) in [5.74, 6) is -0.773. The molecule has 1 aromatic heterocycles. The van der Waals surface area contributed by atoms with Crippen LogP contribution in [0.3, 0.4) is 0 Å². The summed E-state index contributed by atoms with van der Waals surface area (Å²) in [4.78, 5) is 36.8. The van der Waals surface area contributed by atoms with E-state index in [0.29, 0.717) is 18.6 Å². The molecule has 0 radical (unpaired) electrons. The molecule has 2 aliphatic heterocycles. The van der Waals surface area contributed by atoms with Crippen molar-refractivity contribution in [1.82, 2.24) is 25.7 Å². The molecule has 2 fully saturated rings. The highest BCUT2D eigenvalue weighted by atomic mass is 16.5. The molecule has 4 amide bonds. The van der Waals surface area contributed by atoms with Gasteiger partial charge in [-0.2, -0.15) is 5.10 Å². The number of aryl methyl sites for hydroxylation is 2. The molecule has 1 spiro atoms. The second kappa shape index (κ2) is 7.56. The molecule has 2 aliphatic rings. The predicted molar refractivity (Wildman–Crippen MR) is 108 cm³/mol. The fraction of sp³-hybridized carbons (Fsp3) is 0.429. The van der Waals surface area contributed by atoms with Crippen LogP contribution in [-0.2, 0) is 23.0 Å². The lowest BCUT2D eigenvalue weighted by Gasteiger charge is -2.38. The lowest BCUT2D eigenvalue weighted by atomic mass is 9.86. The number of carbonyl (C=O) groups excluding carboxylic acids is 3. The number of hydrogen-bond donors (Lipinski definition) is 3. The van der Waals surface area contributed by atoms with Gasteiger partial charge < -0.3 is 15.4 Å². The Balaban J connectivity index is 1.47. The van der Waals surface area contributed by atoms with Crippen molar-refractivity contribution in [3.05, 3.63) is 52.3 Å². The highest BCUT2D eigenvalue weighted by Gasteiger charge is 2.54. The minimum absolute atomic E-state index is 0.0261. The van der Waals surface area contributed by atoms with Crippen LogP contribution in [0.2, 0.25) is 0 Å². The Labute approximate surface area is 174 Å². The van der Waals surface area contributed by atoms with Crippen molar-refractivity contribution in [3.63, 3.8) is 0 Å². The standard InChI is InChI=1S/C21H25N5O4/c1-12-16(13(2)26(3)25-12)10-14-4-6-15(7-5-14)18(27)22-17-8-9-30-11-21(17)19(28)23-20(29)24-21/h4-7,17H,8-11H2,1-3H3,(H,22,27)(H2,23,24,28,29). The van der Waals surface area contributed by atoms with E-state index < -0.39 is 23.5 Å². The van der Waals surface area contributed by atoms with Gasteiger partial charge in [0.2, 0.25) is 0 Å². The van der Waals surface area contributed by atoms with Gasteiger partial charge in [0.25, 0.3) is 11.8 Å². The molecule has 2 saturated heterocycles. The number of hydrogen-bond acceptors (Lipinski definition) is 5. The van der Waals surface area contributed by atoms with Gasteiger partial charge in [0, 0.05) is 36.9 Å². The van der Waals surface area contributed by atoms with E-state index in [9.17, 15) is 14.4 Å². The molecular formula is C21H25N5O4. The maximum absolute atomic E-state index is 12.8. The number of amides is 4. The van der Waals surface area contributed by atoms with Crippen molar-refractivity contribution >= 4 is 17.8 Å². The third kappa shape index (κ3) is 3.45. The Kier molecular flexibility index (Phi) is 5.07. The summed E-state index contributed by atoms with van der Waals surface area (Å²) in [6, 6.07) is 6.26. The zero-order chi connectivity index (χ0) is 21.5. The van der Waals surface area contributed by atoms with Crippen LogP contribution in [0.15, 0.2) is 24.3 Å². The first-order valence-corrected chi connectivity index (χ1v) is 9.90. The third-order valence-corrected chi connectivity index (χ3v) is 6.01. The molecule has 2 aromatic rings. The van der Waals surface area contributed by atoms with Gasteiger partial charge in [-0.3, -0.25) is 19.6 Å². The molecule has 3 heterocycles. The molecule has 9 heteroatoms. The minimum Gasteiger partial charge on any atom is -0.378 e. The van der Waals surface area contributed by atoms with Gasteiger partial charge in [0.05, 0.1) is 18.3 Å². The fourth-order valence-electron chi connectivity index (χ4n) is 4.12. The van der Waals surface area contributed by atoms with Crippen molar-refractivity contribution in [1.29, 1.82) is 0 Å². The number of ether oxygens (including phenoxy) is 1. The van der Waals surface area contributed by atoms with Crippen LogP contribution in [0.1, 0.15) is 39.3 Å². The number of carbonyl (C=O) groups is 3. The van der Waals surface area contributed by atoms with E-state index >= 15 is 0 Å². The summed E-state index contributed by atoms with van der Waals surface area (Å²) >= 11 is 0. The van der Waals surface area contributed by atoms with Crippen molar-refractivity contribution in [2.45, 2.75) is 38.3 Å². The molecule has 158 valence electrons. The van der Waals surface area contributed by atoms with Crippen LogP contribution in [0.4, 0.5) is 4.79 Å². The molecule has 2 atom stereocenters. The van der Waals surface area contributed by atoms with Gasteiger partial charge >= 0.3 is 6.03 Å². The average molecular weight is 411 g/mol. The van der Waals surface area contributed by atoms with Crippen molar-refractivity contribution in [3.8, 4) is 0 Å². The quantitative estimate of drug-likeness (QED) is 0.642. The van der Waals surface area contributed by atoms with Crippen LogP contribution < -0.4 is 16.0 Å². The monoisotopic (exact) mass is 411 g/mol. The molecular weight excluding hydrogens is 386 g/mol. The van der Waals surface area contributed by atoms with E-state index in [2.05, 4.69) is 21.0 Å². The van der Waals surface area contributed by atoms with E-state index in [-0.39, 0.29) is 12.5 Å². The molecule has 30 heavy (non-hydrogen) atoms. The fourth-order valence-corrected chi connectivity index (χ4v) is 4.12. The Morgan fingerprint density at radius 2 is 2.03 bits per heavy atom. The molecule has 0 aliphatic carbocycles. The molecule has 0 bridgehead atoms. The van der Waals surface area contributed by atoms with Crippen molar-refractivity contribution in [2.75, 3.05) is 13.2 Å². The van der Waals surface area contributed by atoms with Gasteiger partial charge in [-0.05, 0) is 38.0 Å². The number of urea groups is 1. The van der Waals surface area contributed by atoms with Crippen LogP contribution >= 0.6 is 0 Å². The first-order chi connectivity index (χ1) is 14.3. The van der Waals surface area contributed by atoms with Crippen LogP contribution in [0.5, 0.6) is 0 Å². The van der Waals surface area contributed by atoms with E-state index in [1.54, 1.807) is 12.1 Å². The highest BCUT2D eigenvalue weighted by Crippen LogP contribution is 2.24. The third-order valence-electron chi connectivity index (χ3n) is 6.01. The maximum atomic E-state index is 12.8. The number of aromatic nitrogens is 2. The number of rotatable bonds is 4. The highest BCUT2D eigenvalue weighted by molar-refractivity contribution is 6.08. The van der Waals surface area contributed by atoms with Crippen molar-refractivity contribution < 1.29 is 19.1 Å². The van der Waals surface area contributed by atoms with Gasteiger partial charge in [-0.1, -0.05) is 12.1 Å². The number of nitrogens with one attached hydrogen (secondary N) is 3. The Hall–Kier alpha value is -3.20. The smallest absolute Gasteiger partial charge is 0.322 e. The second-order valence-corrected chi connectivity index (χ2v) is 7.89. The summed E-state index contributed by atoms with van der Waals surface area (Å²) in [6.45, 7) is 4.46. The molecule has 0 saturated carbocycles. The largest absolute Gasteiger partial charge is 0.378 e. The SMILES string of the molecule is Cc1nn(C)c(C)c1Cc1ccc(C(=O)NC2CCOCC23NC(=O)NC3=O)cc1. The molecule has 2 unspecified atom stereocenters. The van der Waals surface area contributed by atoms with Crippen LogP contribution in [0, 0.1) is 13.8 Å². The first kappa shape index (κ1) is 20.1. The molecule has 3 N–H and O–H groups in total. The normalized spacial score (nSPS) is 23.4. The molecule has 9 nitrogen and oxygen atoms in total. The second-order valence-electron chi connectivity index (χ2n) is 7.89. The van der Waals surface area contributed by atoms with E-state index in [1.807, 2.05) is 37.7 Å². The predicted octanol–water partition coefficient (Wildman–Crippen LogP) is 0.725. The summed E-state index contributed by atoms with van der Waals surface area (Å²) in [7, 11) is 1.93. The summed E-state index contributed by atoms with van der Waals surface area (Å²) in [6.07, 6.45) is 1.17. The number of imide groups is 1. The van der Waals surface area contributed by atoms with E-state index in [1.165, 1.54) is 5.56 Å². The zero-order valence-electron chi connectivity index (χ0n) is 17.2. The summed E-state index contributed by atoms with van der Waals surface area (Å²) < 4.78 is 7.27. The van der Waals surface area contributed by atoms with E-state index in [4.69, 9.17) is 4.74 Å². The Bertz CT molecular complexity index is 1010. The minimum atomic E-state index is -1.26. The van der Waals surface area contributed by atoms with Gasteiger partial charge in [0.15, 0.2) is 5.54 Å². The lowest BCUT2D eigenvalue weighted by Crippen LogP contribution is -2.67. The molecule has 1 aromatic carbocycles. The van der Waals surface area contributed by atoms with Gasteiger partial charge in [0.1, 0.15) is 0 Å². The first-order valence-electron chi connectivity index (χ1n) is 9.90. The number of benzene rings is 1. The van der Waals surface area contributed by atoms with Gasteiger partial charge in [-0.25, -0.2) is 4.79 Å². The Morgan fingerprint density at radius 3 is 2.63 bits per heavy atom. The topological polar surface area (TPSA) is 114 Å². The van der Waals surface area contributed by atoms with E-state index in [0.717, 1.165) is 23.4 Å². The maximum Gasteiger partial charge on any atom is 0.322 e. The average Bonchev–Trinajstić information content (AvgIpc) is 3.13. The zero-order valence-corrected chi connectivity index (χ0v) is 17.2.